The zero-order chi connectivity index (χ0) is 14.5. The Hall–Kier alpha value is -1.13. The lowest BCUT2D eigenvalue weighted by Crippen LogP contribution is -2.38. The Morgan fingerprint density at radius 1 is 1.55 bits per heavy atom. The first-order valence-corrected chi connectivity index (χ1v) is 7.31. The Kier molecular flexibility index (Phi) is 3.26. The fourth-order valence-corrected chi connectivity index (χ4v) is 3.14. The van der Waals surface area contributed by atoms with Crippen molar-refractivity contribution in [1.82, 2.24) is 9.55 Å². The van der Waals surface area contributed by atoms with Gasteiger partial charge in [0, 0.05) is 12.7 Å². The fraction of sp³-hybridized carbons (Fsp3) is 0.533. The Labute approximate surface area is 122 Å². The first-order valence-electron chi connectivity index (χ1n) is 6.87. The highest BCUT2D eigenvalue weighted by Gasteiger charge is 2.41. The number of imidazole rings is 1. The summed E-state index contributed by atoms with van der Waals surface area (Å²) in [6.07, 6.45) is 0.965. The molecular weight excluding hydrogens is 279 g/mol. The smallest absolute Gasteiger partial charge is 0.128 e. The van der Waals surface area contributed by atoms with Gasteiger partial charge < -0.3 is 9.30 Å². The molecule has 0 radical (unpaired) electrons. The van der Waals surface area contributed by atoms with E-state index in [2.05, 4.69) is 23.4 Å². The third-order valence-electron chi connectivity index (χ3n) is 4.36. The zero-order valence-corrected chi connectivity index (χ0v) is 12.6. The van der Waals surface area contributed by atoms with Gasteiger partial charge >= 0.3 is 0 Å². The van der Waals surface area contributed by atoms with Crippen molar-refractivity contribution in [1.29, 1.82) is 0 Å². The number of hydrogen-bond acceptors (Lipinski definition) is 2. The van der Waals surface area contributed by atoms with Crippen LogP contribution in [0.3, 0.4) is 0 Å². The second kappa shape index (κ2) is 4.71. The Morgan fingerprint density at radius 3 is 2.90 bits per heavy atom. The lowest BCUT2D eigenvalue weighted by atomic mass is 9.93. The van der Waals surface area contributed by atoms with Crippen LogP contribution in [0.15, 0.2) is 18.2 Å². The van der Waals surface area contributed by atoms with E-state index in [0.29, 0.717) is 12.1 Å². The van der Waals surface area contributed by atoms with Gasteiger partial charge in [0.15, 0.2) is 0 Å². The lowest BCUT2D eigenvalue weighted by molar-refractivity contribution is 0.0763. The monoisotopic (exact) mass is 296 g/mol. The van der Waals surface area contributed by atoms with Crippen LogP contribution in [0.25, 0.3) is 11.0 Å². The van der Waals surface area contributed by atoms with Crippen molar-refractivity contribution in [2.45, 2.75) is 44.2 Å². The van der Waals surface area contributed by atoms with Gasteiger partial charge in [-0.1, -0.05) is 0 Å². The van der Waals surface area contributed by atoms with Crippen molar-refractivity contribution in [3.8, 4) is 0 Å². The van der Waals surface area contributed by atoms with E-state index in [9.17, 15) is 4.39 Å². The van der Waals surface area contributed by atoms with E-state index in [4.69, 9.17) is 16.3 Å². The molecule has 3 nitrogen and oxygen atoms in total. The maximum atomic E-state index is 13.4. The van der Waals surface area contributed by atoms with Crippen LogP contribution in [-0.4, -0.2) is 22.3 Å². The van der Waals surface area contributed by atoms with Crippen molar-refractivity contribution in [2.24, 2.45) is 0 Å². The Balaban J connectivity index is 2.29. The van der Waals surface area contributed by atoms with Crippen LogP contribution in [0.4, 0.5) is 4.39 Å². The summed E-state index contributed by atoms with van der Waals surface area (Å²) in [5.74, 6) is 0.490. The van der Waals surface area contributed by atoms with Gasteiger partial charge in [0.25, 0.3) is 0 Å². The van der Waals surface area contributed by atoms with Gasteiger partial charge in [-0.05, 0) is 39.3 Å². The van der Waals surface area contributed by atoms with Crippen LogP contribution in [0.1, 0.15) is 38.4 Å². The third-order valence-corrected chi connectivity index (χ3v) is 4.56. The predicted octanol–water partition coefficient (Wildman–Crippen LogP) is 4.00. The normalized spacial score (nSPS) is 28.1. The molecule has 1 fully saturated rings. The maximum Gasteiger partial charge on any atom is 0.128 e. The van der Waals surface area contributed by atoms with Gasteiger partial charge in [-0.3, -0.25) is 0 Å². The number of fused-ring (bicyclic) bond motifs is 1. The van der Waals surface area contributed by atoms with Crippen LogP contribution in [0.5, 0.6) is 0 Å². The van der Waals surface area contributed by atoms with Crippen molar-refractivity contribution in [3.63, 3.8) is 0 Å². The van der Waals surface area contributed by atoms with E-state index in [1.807, 2.05) is 6.92 Å². The molecule has 0 N–H and O–H groups in total. The molecule has 1 aromatic heterocycles. The number of alkyl halides is 1. The molecule has 3 unspecified atom stereocenters. The lowest BCUT2D eigenvalue weighted by Gasteiger charge is -2.32. The summed E-state index contributed by atoms with van der Waals surface area (Å²) in [7, 11) is 0. The van der Waals surface area contributed by atoms with E-state index in [1.165, 1.54) is 12.1 Å². The van der Waals surface area contributed by atoms with Gasteiger partial charge in [-0.15, -0.1) is 11.6 Å². The molecule has 1 aliphatic heterocycles. The molecule has 1 aliphatic rings. The van der Waals surface area contributed by atoms with Crippen LogP contribution in [-0.2, 0) is 10.3 Å². The molecule has 1 aromatic carbocycles. The highest BCUT2D eigenvalue weighted by atomic mass is 35.5. The molecule has 2 aromatic rings. The molecule has 1 saturated heterocycles. The van der Waals surface area contributed by atoms with Crippen molar-refractivity contribution in [3.05, 3.63) is 29.8 Å². The number of halogens is 2. The molecule has 0 amide bonds. The summed E-state index contributed by atoms with van der Waals surface area (Å²) in [4.78, 5) is 4.53. The van der Waals surface area contributed by atoms with Crippen molar-refractivity contribution < 1.29 is 9.13 Å². The summed E-state index contributed by atoms with van der Waals surface area (Å²) in [5.41, 5.74) is 1.35. The average Bonchev–Trinajstić information content (AvgIpc) is 2.91. The van der Waals surface area contributed by atoms with Crippen LogP contribution >= 0.6 is 11.6 Å². The molecule has 20 heavy (non-hydrogen) atoms. The zero-order valence-electron chi connectivity index (χ0n) is 11.9. The van der Waals surface area contributed by atoms with E-state index in [0.717, 1.165) is 17.8 Å². The molecule has 0 spiro atoms. The van der Waals surface area contributed by atoms with Crippen molar-refractivity contribution >= 4 is 22.6 Å². The largest absolute Gasteiger partial charge is 0.376 e. The summed E-state index contributed by atoms with van der Waals surface area (Å²) in [6, 6.07) is 4.70. The minimum atomic E-state index is -0.281. The van der Waals surface area contributed by atoms with Crippen LogP contribution < -0.4 is 0 Å². The summed E-state index contributed by atoms with van der Waals surface area (Å²) >= 11 is 6.29. The van der Waals surface area contributed by atoms with Gasteiger partial charge in [0.1, 0.15) is 11.6 Å². The molecule has 0 saturated carbocycles. The molecule has 5 heteroatoms. The SMILES string of the molecule is CC(Cl)c1nc2cc(F)ccc2n1C1(C)CCOC1C. The minimum absolute atomic E-state index is 0.0686. The highest BCUT2D eigenvalue weighted by Crippen LogP contribution is 2.39. The molecular formula is C15H18ClFN2O. The van der Waals surface area contributed by atoms with E-state index in [1.54, 1.807) is 6.07 Å². The molecule has 108 valence electrons. The van der Waals surface area contributed by atoms with Gasteiger partial charge in [-0.25, -0.2) is 9.37 Å². The molecule has 2 heterocycles. The number of benzene rings is 1. The van der Waals surface area contributed by atoms with Gasteiger partial charge in [0.2, 0.25) is 0 Å². The second-order valence-corrected chi connectivity index (χ2v) is 6.33. The van der Waals surface area contributed by atoms with Crippen LogP contribution in [0, 0.1) is 5.82 Å². The highest BCUT2D eigenvalue weighted by molar-refractivity contribution is 6.20. The first kappa shape index (κ1) is 13.8. The second-order valence-electron chi connectivity index (χ2n) is 5.67. The number of hydrogen-bond donors (Lipinski definition) is 0. The topological polar surface area (TPSA) is 27.1 Å². The van der Waals surface area contributed by atoms with E-state index < -0.39 is 0 Å². The van der Waals surface area contributed by atoms with Crippen LogP contribution in [0.2, 0.25) is 0 Å². The minimum Gasteiger partial charge on any atom is -0.376 e. The van der Waals surface area contributed by atoms with E-state index in [-0.39, 0.29) is 22.8 Å². The average molecular weight is 297 g/mol. The molecule has 0 bridgehead atoms. The number of rotatable bonds is 2. The molecule has 0 aliphatic carbocycles. The van der Waals surface area contributed by atoms with E-state index >= 15 is 0 Å². The maximum absolute atomic E-state index is 13.4. The summed E-state index contributed by atoms with van der Waals surface area (Å²) in [6.45, 7) is 6.82. The molecule has 3 atom stereocenters. The fourth-order valence-electron chi connectivity index (χ4n) is 2.99. The molecule has 3 rings (SSSR count). The Morgan fingerprint density at radius 2 is 2.30 bits per heavy atom. The number of aromatic nitrogens is 2. The number of ether oxygens (including phenoxy) is 1. The Bertz CT molecular complexity index is 655. The quantitative estimate of drug-likeness (QED) is 0.783. The predicted molar refractivity (Wildman–Crippen MR) is 77.6 cm³/mol. The summed E-state index contributed by atoms with van der Waals surface area (Å²) in [5, 5.41) is -0.241. The first-order chi connectivity index (χ1) is 9.43. The number of nitrogens with zero attached hydrogens (tertiary/aromatic N) is 2. The standard InChI is InChI=1S/C15H18ClFN2O/c1-9(16)14-18-12-8-11(17)4-5-13(12)19(14)15(3)6-7-20-10(15)2/h4-5,8-10H,6-7H2,1-3H3. The third kappa shape index (κ3) is 1.93. The summed E-state index contributed by atoms with van der Waals surface area (Å²) < 4.78 is 21.3. The van der Waals surface area contributed by atoms with Crippen molar-refractivity contribution in [2.75, 3.05) is 6.61 Å². The van der Waals surface area contributed by atoms with Gasteiger partial charge in [0.05, 0.1) is 28.1 Å². The van der Waals surface area contributed by atoms with Gasteiger partial charge in [-0.2, -0.15) is 0 Å².